The molecule has 0 bridgehead atoms. The third-order valence-corrected chi connectivity index (χ3v) is 4.47. The summed E-state index contributed by atoms with van der Waals surface area (Å²) in [6.07, 6.45) is 1.52. The van der Waals surface area contributed by atoms with E-state index in [1.54, 1.807) is 24.3 Å². The maximum absolute atomic E-state index is 12.6. The van der Waals surface area contributed by atoms with Gasteiger partial charge in [-0.1, -0.05) is 60.7 Å². The van der Waals surface area contributed by atoms with E-state index in [1.807, 2.05) is 60.7 Å². The Bertz CT molecular complexity index is 975. The first-order valence-electron chi connectivity index (χ1n) is 8.97. The van der Waals surface area contributed by atoms with Crippen LogP contribution in [0.5, 0.6) is 5.75 Å². The zero-order chi connectivity index (χ0) is 19.2. The summed E-state index contributed by atoms with van der Waals surface area (Å²) in [4.78, 5) is 12.6. The third-order valence-electron chi connectivity index (χ3n) is 4.47. The Morgan fingerprint density at radius 1 is 0.857 bits per heavy atom. The van der Waals surface area contributed by atoms with E-state index in [2.05, 4.69) is 10.2 Å². The molecule has 0 amide bonds. The minimum Gasteiger partial charge on any atom is -0.427 e. The van der Waals surface area contributed by atoms with Gasteiger partial charge in [0.2, 0.25) is 12.3 Å². The predicted molar refractivity (Wildman–Crippen MR) is 105 cm³/mol. The number of hydrogen-bond acceptors (Lipinski definition) is 5. The molecular formula is C23H18N2O3. The lowest BCUT2D eigenvalue weighted by Gasteiger charge is -2.17. The highest BCUT2D eigenvalue weighted by molar-refractivity contribution is 5.74. The second-order valence-corrected chi connectivity index (χ2v) is 6.32. The molecule has 0 aliphatic carbocycles. The fourth-order valence-corrected chi connectivity index (χ4v) is 3.10. The normalized spacial score (nSPS) is 10.8. The van der Waals surface area contributed by atoms with E-state index in [1.165, 1.54) is 6.39 Å². The topological polar surface area (TPSA) is 65.2 Å². The Morgan fingerprint density at radius 2 is 1.46 bits per heavy atom. The number of esters is 1. The van der Waals surface area contributed by atoms with Crippen molar-refractivity contribution in [2.45, 2.75) is 12.3 Å². The Hall–Kier alpha value is -3.73. The standard InChI is InChI=1S/C23H18N2O3/c26-22(28-20-13-11-19(12-14-20)23-25-24-16-27-23)15-21(17-7-3-1-4-8-17)18-9-5-2-6-10-18/h1-14,16,21H,15H2. The monoisotopic (exact) mass is 370 g/mol. The van der Waals surface area contributed by atoms with E-state index >= 15 is 0 Å². The zero-order valence-corrected chi connectivity index (χ0v) is 15.1. The first-order chi connectivity index (χ1) is 13.8. The Balaban J connectivity index is 1.49. The van der Waals surface area contributed by atoms with Gasteiger partial charge in [0.25, 0.3) is 0 Å². The number of benzene rings is 3. The first kappa shape index (κ1) is 17.7. The van der Waals surface area contributed by atoms with Gasteiger partial charge in [0, 0.05) is 11.5 Å². The van der Waals surface area contributed by atoms with Gasteiger partial charge < -0.3 is 9.15 Å². The van der Waals surface area contributed by atoms with Crippen LogP contribution in [0.25, 0.3) is 11.5 Å². The molecule has 0 atom stereocenters. The van der Waals surface area contributed by atoms with Crippen molar-refractivity contribution >= 4 is 5.97 Å². The van der Waals surface area contributed by atoms with E-state index in [0.29, 0.717) is 11.6 Å². The molecule has 0 unspecified atom stereocenters. The van der Waals surface area contributed by atoms with Crippen LogP contribution in [0.2, 0.25) is 0 Å². The summed E-state index contributed by atoms with van der Waals surface area (Å²) in [6, 6.07) is 27.0. The smallest absolute Gasteiger partial charge is 0.312 e. The fourth-order valence-electron chi connectivity index (χ4n) is 3.10. The predicted octanol–water partition coefficient (Wildman–Crippen LogP) is 4.86. The molecule has 5 heteroatoms. The molecule has 138 valence electrons. The molecule has 3 aromatic carbocycles. The van der Waals surface area contributed by atoms with Gasteiger partial charge in [-0.25, -0.2) is 0 Å². The summed E-state index contributed by atoms with van der Waals surface area (Å²) in [5.74, 6) is 0.551. The highest BCUT2D eigenvalue weighted by Gasteiger charge is 2.19. The van der Waals surface area contributed by atoms with Gasteiger partial charge >= 0.3 is 5.97 Å². The van der Waals surface area contributed by atoms with Crippen molar-refractivity contribution in [3.63, 3.8) is 0 Å². The molecule has 0 N–H and O–H groups in total. The molecule has 0 aliphatic heterocycles. The van der Waals surface area contributed by atoms with Gasteiger partial charge in [-0.2, -0.15) is 0 Å². The van der Waals surface area contributed by atoms with Crippen molar-refractivity contribution in [1.82, 2.24) is 10.2 Å². The molecule has 0 saturated carbocycles. The van der Waals surface area contributed by atoms with Crippen LogP contribution in [0, 0.1) is 0 Å². The van der Waals surface area contributed by atoms with Gasteiger partial charge in [0.15, 0.2) is 0 Å². The van der Waals surface area contributed by atoms with Crippen molar-refractivity contribution in [3.05, 3.63) is 102 Å². The van der Waals surface area contributed by atoms with Gasteiger partial charge in [-0.3, -0.25) is 4.79 Å². The Morgan fingerprint density at radius 3 is 2.00 bits per heavy atom. The number of hydrogen-bond donors (Lipinski definition) is 0. The van der Waals surface area contributed by atoms with Crippen LogP contribution >= 0.6 is 0 Å². The highest BCUT2D eigenvalue weighted by Crippen LogP contribution is 2.29. The van der Waals surface area contributed by atoms with Gasteiger partial charge in [-0.05, 0) is 35.4 Å². The van der Waals surface area contributed by atoms with Crippen LogP contribution in [0.1, 0.15) is 23.5 Å². The Labute approximate surface area is 162 Å². The van der Waals surface area contributed by atoms with E-state index in [0.717, 1.165) is 16.7 Å². The average molecular weight is 370 g/mol. The lowest BCUT2D eigenvalue weighted by Crippen LogP contribution is -2.14. The molecule has 1 heterocycles. The highest BCUT2D eigenvalue weighted by atomic mass is 16.5. The summed E-state index contributed by atoms with van der Waals surface area (Å²) in [5, 5.41) is 7.52. The summed E-state index contributed by atoms with van der Waals surface area (Å²) in [7, 11) is 0. The van der Waals surface area contributed by atoms with Crippen LogP contribution in [0.15, 0.2) is 95.7 Å². The molecule has 28 heavy (non-hydrogen) atoms. The van der Waals surface area contributed by atoms with Crippen LogP contribution in [-0.2, 0) is 4.79 Å². The zero-order valence-electron chi connectivity index (χ0n) is 15.1. The van der Waals surface area contributed by atoms with Gasteiger partial charge in [0.1, 0.15) is 5.75 Å². The largest absolute Gasteiger partial charge is 0.427 e. The second kappa shape index (κ2) is 8.31. The summed E-state index contributed by atoms with van der Waals surface area (Å²) < 4.78 is 10.7. The number of aromatic nitrogens is 2. The minimum absolute atomic E-state index is 0.0624. The quantitative estimate of drug-likeness (QED) is 0.358. The van der Waals surface area contributed by atoms with Crippen molar-refractivity contribution in [2.24, 2.45) is 0 Å². The average Bonchev–Trinajstić information content (AvgIpc) is 3.29. The van der Waals surface area contributed by atoms with Crippen molar-refractivity contribution in [2.75, 3.05) is 0 Å². The molecule has 0 radical (unpaired) electrons. The maximum atomic E-state index is 12.6. The van der Waals surface area contributed by atoms with Crippen LogP contribution in [-0.4, -0.2) is 16.2 Å². The minimum atomic E-state index is -0.289. The van der Waals surface area contributed by atoms with Crippen molar-refractivity contribution in [1.29, 1.82) is 0 Å². The fraction of sp³-hybridized carbons (Fsp3) is 0.0870. The molecule has 0 aliphatic rings. The van der Waals surface area contributed by atoms with E-state index in [9.17, 15) is 4.79 Å². The number of carbonyl (C=O) groups is 1. The molecular weight excluding hydrogens is 352 g/mol. The maximum Gasteiger partial charge on any atom is 0.312 e. The van der Waals surface area contributed by atoms with E-state index in [4.69, 9.17) is 9.15 Å². The molecule has 0 spiro atoms. The van der Waals surface area contributed by atoms with Crippen molar-refractivity contribution < 1.29 is 13.9 Å². The molecule has 1 aromatic heterocycles. The summed E-state index contributed by atoms with van der Waals surface area (Å²) in [6.45, 7) is 0. The lowest BCUT2D eigenvalue weighted by atomic mass is 9.89. The van der Waals surface area contributed by atoms with Crippen molar-refractivity contribution in [3.8, 4) is 17.2 Å². The van der Waals surface area contributed by atoms with Crippen LogP contribution in [0.4, 0.5) is 0 Å². The number of rotatable bonds is 6. The number of carbonyl (C=O) groups excluding carboxylic acids is 1. The number of ether oxygens (including phenoxy) is 1. The summed E-state index contributed by atoms with van der Waals surface area (Å²) >= 11 is 0. The molecule has 5 nitrogen and oxygen atoms in total. The SMILES string of the molecule is O=C(CC(c1ccccc1)c1ccccc1)Oc1ccc(-c2nnco2)cc1. The third kappa shape index (κ3) is 4.15. The van der Waals surface area contributed by atoms with Gasteiger partial charge in [-0.15, -0.1) is 10.2 Å². The van der Waals surface area contributed by atoms with Crippen LogP contribution in [0.3, 0.4) is 0 Å². The second-order valence-electron chi connectivity index (χ2n) is 6.32. The number of nitrogens with zero attached hydrogens (tertiary/aromatic N) is 2. The molecule has 0 saturated heterocycles. The lowest BCUT2D eigenvalue weighted by molar-refractivity contribution is -0.134. The molecule has 4 rings (SSSR count). The summed E-state index contributed by atoms with van der Waals surface area (Å²) in [5.41, 5.74) is 2.93. The Kier molecular flexibility index (Phi) is 5.24. The molecule has 4 aromatic rings. The van der Waals surface area contributed by atoms with Crippen LogP contribution < -0.4 is 4.74 Å². The van der Waals surface area contributed by atoms with Gasteiger partial charge in [0.05, 0.1) is 6.42 Å². The van der Waals surface area contributed by atoms with E-state index < -0.39 is 0 Å². The van der Waals surface area contributed by atoms with E-state index in [-0.39, 0.29) is 18.3 Å². The first-order valence-corrected chi connectivity index (χ1v) is 8.97. The molecule has 0 fully saturated rings.